The fourth-order valence-electron chi connectivity index (χ4n) is 3.42. The molecule has 2 N–H and O–H groups in total. The quantitative estimate of drug-likeness (QED) is 0.393. The Balaban J connectivity index is 1.90. The largest absolute Gasteiger partial charge is 0.494 e. The van der Waals surface area contributed by atoms with Crippen LogP contribution in [0.4, 0.5) is 5.69 Å². The average Bonchev–Trinajstić information content (AvgIpc) is 2.87. The van der Waals surface area contributed by atoms with Crippen molar-refractivity contribution < 1.29 is 38.5 Å². The number of ether oxygens (including phenoxy) is 3. The Morgan fingerprint density at radius 1 is 0.784 bits per heavy atom. The van der Waals surface area contributed by atoms with Gasteiger partial charge in [0.2, 0.25) is 12.2 Å². The second-order valence-electron chi connectivity index (χ2n) is 8.18. The van der Waals surface area contributed by atoms with Gasteiger partial charge < -0.3 is 24.6 Å². The molecule has 9 heteroatoms. The summed E-state index contributed by atoms with van der Waals surface area (Å²) in [4.78, 5) is 50.9. The van der Waals surface area contributed by atoms with Crippen molar-refractivity contribution in [2.24, 2.45) is 0 Å². The summed E-state index contributed by atoms with van der Waals surface area (Å²) in [5, 5.41) is 12.4. The fraction of sp³-hybridized carbons (Fsp3) is 0.214. The van der Waals surface area contributed by atoms with Crippen LogP contribution in [0.2, 0.25) is 0 Å². The zero-order valence-corrected chi connectivity index (χ0v) is 20.6. The van der Waals surface area contributed by atoms with E-state index in [1.54, 1.807) is 50.2 Å². The number of esters is 2. The zero-order valence-electron chi connectivity index (χ0n) is 20.6. The molecule has 0 aliphatic carbocycles. The van der Waals surface area contributed by atoms with Gasteiger partial charge in [0.1, 0.15) is 5.75 Å². The molecule has 0 heterocycles. The van der Waals surface area contributed by atoms with Gasteiger partial charge in [-0.2, -0.15) is 0 Å². The maximum Gasteiger partial charge on any atom is 0.349 e. The van der Waals surface area contributed by atoms with Gasteiger partial charge in [-0.05, 0) is 69.3 Å². The molecule has 0 saturated heterocycles. The molecule has 0 aromatic heterocycles. The van der Waals surface area contributed by atoms with Gasteiger partial charge in [-0.3, -0.25) is 4.79 Å². The van der Waals surface area contributed by atoms with Crippen molar-refractivity contribution in [1.29, 1.82) is 0 Å². The van der Waals surface area contributed by atoms with Crippen molar-refractivity contribution in [2.45, 2.75) is 33.0 Å². The molecule has 0 saturated carbocycles. The molecule has 0 bridgehead atoms. The number of carbonyl (C=O) groups excluding carboxylic acids is 3. The molecule has 0 fully saturated rings. The number of hydrogen-bond acceptors (Lipinski definition) is 7. The van der Waals surface area contributed by atoms with E-state index in [0.29, 0.717) is 18.0 Å². The van der Waals surface area contributed by atoms with Crippen LogP contribution in [0.15, 0.2) is 72.8 Å². The molecule has 3 rings (SSSR count). The number of aryl methyl sites for hydroxylation is 2. The smallest absolute Gasteiger partial charge is 0.349 e. The normalized spacial score (nSPS) is 12.1. The van der Waals surface area contributed by atoms with Crippen LogP contribution in [0, 0.1) is 13.8 Å². The van der Waals surface area contributed by atoms with Crippen LogP contribution in [0.3, 0.4) is 0 Å². The first-order valence-corrected chi connectivity index (χ1v) is 11.5. The predicted molar refractivity (Wildman–Crippen MR) is 135 cm³/mol. The summed E-state index contributed by atoms with van der Waals surface area (Å²) in [5.74, 6) is -4.02. The summed E-state index contributed by atoms with van der Waals surface area (Å²) in [7, 11) is 0. The minimum atomic E-state index is -2.12. The van der Waals surface area contributed by atoms with Crippen LogP contribution < -0.4 is 10.1 Å². The van der Waals surface area contributed by atoms with Gasteiger partial charge in [0.15, 0.2) is 0 Å². The molecule has 0 aliphatic rings. The molecule has 1 amide bonds. The SMILES string of the molecule is CCOc1ccc(NC(=O)[C@@H](OC(=O)c2cccc(C)c2)[C@H](OC(=O)c2cccc(C)c2)C(=O)O)cc1. The molecule has 192 valence electrons. The minimum absolute atomic E-state index is 0.0851. The van der Waals surface area contributed by atoms with Crippen molar-refractivity contribution in [1.82, 2.24) is 0 Å². The number of anilines is 1. The highest BCUT2D eigenvalue weighted by molar-refractivity contribution is 6.01. The molecule has 0 unspecified atom stereocenters. The molecular weight excluding hydrogens is 478 g/mol. The number of carboxylic acids is 1. The molecule has 0 spiro atoms. The monoisotopic (exact) mass is 505 g/mol. The van der Waals surface area contributed by atoms with Crippen LogP contribution in [0.5, 0.6) is 5.75 Å². The van der Waals surface area contributed by atoms with Crippen molar-refractivity contribution in [3.05, 3.63) is 95.1 Å². The highest BCUT2D eigenvalue weighted by atomic mass is 16.6. The molecule has 0 aliphatic heterocycles. The van der Waals surface area contributed by atoms with E-state index in [1.165, 1.54) is 36.4 Å². The minimum Gasteiger partial charge on any atom is -0.494 e. The Kier molecular flexibility index (Phi) is 8.99. The predicted octanol–water partition coefficient (Wildman–Crippen LogP) is 4.18. The summed E-state index contributed by atoms with van der Waals surface area (Å²) in [6, 6.07) is 19.0. The lowest BCUT2D eigenvalue weighted by molar-refractivity contribution is -0.157. The van der Waals surface area contributed by atoms with E-state index in [4.69, 9.17) is 14.2 Å². The van der Waals surface area contributed by atoms with E-state index in [2.05, 4.69) is 5.32 Å². The molecule has 0 radical (unpaired) electrons. The van der Waals surface area contributed by atoms with E-state index in [1.807, 2.05) is 6.92 Å². The van der Waals surface area contributed by atoms with Gasteiger partial charge in [-0.1, -0.05) is 35.4 Å². The lowest BCUT2D eigenvalue weighted by Crippen LogP contribution is -2.48. The van der Waals surface area contributed by atoms with Gasteiger partial charge in [-0.15, -0.1) is 0 Å². The summed E-state index contributed by atoms with van der Waals surface area (Å²) in [6.07, 6.45) is -4.12. The Labute approximate surface area is 214 Å². The van der Waals surface area contributed by atoms with Gasteiger partial charge in [0.05, 0.1) is 17.7 Å². The van der Waals surface area contributed by atoms with Gasteiger partial charge in [-0.25, -0.2) is 14.4 Å². The van der Waals surface area contributed by atoms with Crippen molar-refractivity contribution in [3.63, 3.8) is 0 Å². The van der Waals surface area contributed by atoms with Crippen LogP contribution >= 0.6 is 0 Å². The summed E-state index contributed by atoms with van der Waals surface area (Å²) in [6.45, 7) is 5.79. The summed E-state index contributed by atoms with van der Waals surface area (Å²) >= 11 is 0. The highest BCUT2D eigenvalue weighted by Gasteiger charge is 2.41. The lowest BCUT2D eigenvalue weighted by atomic mass is 10.1. The highest BCUT2D eigenvalue weighted by Crippen LogP contribution is 2.19. The standard InChI is InChI=1S/C28H27NO8/c1-4-35-22-13-11-21(12-14-22)29-25(30)23(36-27(33)19-9-5-7-17(2)15-19)24(26(31)32)37-28(34)20-10-6-8-18(3)16-20/h5-16,23-24H,4H2,1-3H3,(H,29,30)(H,31,32)/t23-,24-/m0/s1. The number of hydrogen-bond donors (Lipinski definition) is 2. The third-order valence-corrected chi connectivity index (χ3v) is 5.19. The topological polar surface area (TPSA) is 128 Å². The van der Waals surface area contributed by atoms with Crippen LogP contribution in [0.25, 0.3) is 0 Å². The van der Waals surface area contributed by atoms with Crippen LogP contribution in [0.1, 0.15) is 38.8 Å². The first-order chi connectivity index (χ1) is 17.7. The number of aliphatic carboxylic acids is 1. The van der Waals surface area contributed by atoms with E-state index in [0.717, 1.165) is 11.1 Å². The number of amides is 1. The summed E-state index contributed by atoms with van der Waals surface area (Å²) < 4.78 is 15.9. The molecule has 9 nitrogen and oxygen atoms in total. The van der Waals surface area contributed by atoms with Crippen LogP contribution in [-0.2, 0) is 19.1 Å². The van der Waals surface area contributed by atoms with Crippen molar-refractivity contribution >= 4 is 29.5 Å². The Morgan fingerprint density at radius 2 is 1.30 bits per heavy atom. The van der Waals surface area contributed by atoms with Crippen molar-refractivity contribution in [3.8, 4) is 5.75 Å². The average molecular weight is 506 g/mol. The van der Waals surface area contributed by atoms with Gasteiger partial charge >= 0.3 is 17.9 Å². The molecule has 3 aromatic carbocycles. The lowest BCUT2D eigenvalue weighted by Gasteiger charge is -2.23. The van der Waals surface area contributed by atoms with E-state index >= 15 is 0 Å². The Morgan fingerprint density at radius 3 is 1.76 bits per heavy atom. The Hall–Kier alpha value is -4.66. The molecule has 2 atom stereocenters. The zero-order chi connectivity index (χ0) is 26.9. The second kappa shape index (κ2) is 12.3. The number of rotatable bonds is 10. The maximum absolute atomic E-state index is 13.2. The number of benzene rings is 3. The van der Waals surface area contributed by atoms with Crippen LogP contribution in [-0.4, -0.2) is 47.7 Å². The van der Waals surface area contributed by atoms with Crippen molar-refractivity contribution in [2.75, 3.05) is 11.9 Å². The Bertz CT molecular complexity index is 1290. The van der Waals surface area contributed by atoms with Gasteiger partial charge in [0.25, 0.3) is 5.91 Å². The first kappa shape index (κ1) is 26.9. The number of carbonyl (C=O) groups is 4. The van der Waals surface area contributed by atoms with E-state index < -0.39 is 36.0 Å². The second-order valence-corrected chi connectivity index (χ2v) is 8.18. The third-order valence-electron chi connectivity index (χ3n) is 5.19. The molecule has 3 aromatic rings. The fourth-order valence-corrected chi connectivity index (χ4v) is 3.42. The summed E-state index contributed by atoms with van der Waals surface area (Å²) in [5.41, 5.74) is 1.98. The number of carboxylic acid groups (broad SMARTS) is 1. The molecular formula is C28H27NO8. The molecule has 37 heavy (non-hydrogen) atoms. The van der Waals surface area contributed by atoms with Gasteiger partial charge in [0, 0.05) is 5.69 Å². The third kappa shape index (κ3) is 7.41. The van der Waals surface area contributed by atoms with E-state index in [-0.39, 0.29) is 11.1 Å². The first-order valence-electron chi connectivity index (χ1n) is 11.5. The van der Waals surface area contributed by atoms with E-state index in [9.17, 15) is 24.3 Å². The maximum atomic E-state index is 13.2. The number of nitrogens with one attached hydrogen (secondary N) is 1.